The molecule has 0 radical (unpaired) electrons. The van der Waals surface area contributed by atoms with Gasteiger partial charge in [0, 0.05) is 12.6 Å². The Morgan fingerprint density at radius 1 is 1.10 bits per heavy atom. The Labute approximate surface area is 133 Å². The van der Waals surface area contributed by atoms with E-state index in [0.717, 1.165) is 13.0 Å². The summed E-state index contributed by atoms with van der Waals surface area (Å²) in [4.78, 5) is 0. The molecule has 0 aromatic rings. The molecule has 4 N–H and O–H groups in total. The van der Waals surface area contributed by atoms with Crippen LogP contribution in [0.3, 0.4) is 0 Å². The number of nitrogens with one attached hydrogen (secondary N) is 4. The number of thiocarbonyl (C=S) groups is 2. The van der Waals surface area contributed by atoms with E-state index in [1.807, 2.05) is 0 Å². The Balaban J connectivity index is 2.14. The number of hydrogen-bond acceptors (Lipinski definition) is 2. The summed E-state index contributed by atoms with van der Waals surface area (Å²) in [7, 11) is 0. The predicted molar refractivity (Wildman–Crippen MR) is 93.5 cm³/mol. The second-order valence-electron chi connectivity index (χ2n) is 6.03. The van der Waals surface area contributed by atoms with E-state index in [1.54, 1.807) is 0 Å². The summed E-state index contributed by atoms with van der Waals surface area (Å²) >= 11 is 10.5. The van der Waals surface area contributed by atoms with Gasteiger partial charge in [0.15, 0.2) is 10.2 Å². The number of hydrogen-bond donors (Lipinski definition) is 4. The van der Waals surface area contributed by atoms with Crippen LogP contribution < -0.4 is 21.5 Å². The molecule has 1 aliphatic carbocycles. The first-order valence-electron chi connectivity index (χ1n) is 7.59. The van der Waals surface area contributed by atoms with Crippen molar-refractivity contribution in [1.82, 2.24) is 21.5 Å². The zero-order valence-electron chi connectivity index (χ0n) is 12.8. The van der Waals surface area contributed by atoms with Crippen molar-refractivity contribution in [2.45, 2.75) is 58.9 Å². The van der Waals surface area contributed by atoms with E-state index in [4.69, 9.17) is 24.4 Å². The van der Waals surface area contributed by atoms with Crippen molar-refractivity contribution in [3.8, 4) is 0 Å². The van der Waals surface area contributed by atoms with Crippen LogP contribution in [0.15, 0.2) is 0 Å². The van der Waals surface area contributed by atoms with Gasteiger partial charge in [0.2, 0.25) is 0 Å². The minimum absolute atomic E-state index is 0.480. The summed E-state index contributed by atoms with van der Waals surface area (Å²) in [5.74, 6) is 1.36. The fraction of sp³-hybridized carbons (Fsp3) is 0.857. The summed E-state index contributed by atoms with van der Waals surface area (Å²) < 4.78 is 0. The molecule has 0 aromatic heterocycles. The molecule has 1 rings (SSSR count). The van der Waals surface area contributed by atoms with Crippen LogP contribution in [0.2, 0.25) is 0 Å². The zero-order chi connectivity index (χ0) is 15.0. The van der Waals surface area contributed by atoms with E-state index in [2.05, 4.69) is 42.3 Å². The van der Waals surface area contributed by atoms with Crippen molar-refractivity contribution in [3.05, 3.63) is 0 Å². The van der Waals surface area contributed by atoms with Crippen molar-refractivity contribution in [1.29, 1.82) is 0 Å². The van der Waals surface area contributed by atoms with Gasteiger partial charge in [-0.2, -0.15) is 0 Å². The van der Waals surface area contributed by atoms with Crippen LogP contribution >= 0.6 is 24.4 Å². The Hall–Kier alpha value is -0.620. The van der Waals surface area contributed by atoms with E-state index in [9.17, 15) is 0 Å². The summed E-state index contributed by atoms with van der Waals surface area (Å²) in [5, 5.41) is 7.73. The number of hydrazine groups is 1. The van der Waals surface area contributed by atoms with E-state index in [-0.39, 0.29) is 0 Å². The van der Waals surface area contributed by atoms with Crippen molar-refractivity contribution < 1.29 is 0 Å². The minimum atomic E-state index is 0.480. The molecule has 6 heteroatoms. The summed E-state index contributed by atoms with van der Waals surface area (Å²) in [6.45, 7) is 7.55. The first-order valence-corrected chi connectivity index (χ1v) is 8.41. The van der Waals surface area contributed by atoms with Crippen LogP contribution in [-0.2, 0) is 0 Å². The van der Waals surface area contributed by atoms with Crippen LogP contribution in [0.25, 0.3) is 0 Å². The first kappa shape index (κ1) is 17.4. The molecule has 0 saturated heterocycles. The molecule has 116 valence electrons. The zero-order valence-corrected chi connectivity index (χ0v) is 14.4. The first-order chi connectivity index (χ1) is 9.49. The highest BCUT2D eigenvalue weighted by molar-refractivity contribution is 7.80. The molecule has 0 aromatic carbocycles. The summed E-state index contributed by atoms with van der Waals surface area (Å²) in [6.07, 6.45) is 6.20. The standard InChI is InChI=1S/C14H28N4S2/c1-10(2)8-9-15-13(19)17-18-14(20)16-12-7-5-4-6-11(12)3/h10-12H,4-9H2,1-3H3,(H2,15,17,19)(H2,16,18,20)/t11-,12+/m1/s1. The maximum Gasteiger partial charge on any atom is 0.185 e. The Bertz CT molecular complexity index is 320. The van der Waals surface area contributed by atoms with Crippen LogP contribution in [0.5, 0.6) is 0 Å². The van der Waals surface area contributed by atoms with Gasteiger partial charge in [0.1, 0.15) is 0 Å². The lowest BCUT2D eigenvalue weighted by atomic mass is 9.86. The topological polar surface area (TPSA) is 48.1 Å². The van der Waals surface area contributed by atoms with E-state index in [1.165, 1.54) is 25.7 Å². The van der Waals surface area contributed by atoms with Gasteiger partial charge in [-0.05, 0) is 55.5 Å². The molecule has 0 bridgehead atoms. The predicted octanol–water partition coefficient (Wildman–Crippen LogP) is 2.45. The van der Waals surface area contributed by atoms with Gasteiger partial charge in [-0.3, -0.25) is 10.9 Å². The summed E-state index contributed by atoms with van der Waals surface area (Å²) in [5.41, 5.74) is 5.88. The second kappa shape index (κ2) is 9.34. The number of rotatable bonds is 4. The smallest absolute Gasteiger partial charge is 0.185 e. The quantitative estimate of drug-likeness (QED) is 0.472. The van der Waals surface area contributed by atoms with Crippen LogP contribution in [0.4, 0.5) is 0 Å². The van der Waals surface area contributed by atoms with Gasteiger partial charge in [-0.15, -0.1) is 0 Å². The maximum atomic E-state index is 5.29. The fourth-order valence-electron chi connectivity index (χ4n) is 2.37. The molecule has 2 atom stereocenters. The van der Waals surface area contributed by atoms with Gasteiger partial charge in [0.25, 0.3) is 0 Å². The van der Waals surface area contributed by atoms with Crippen molar-refractivity contribution in [2.24, 2.45) is 11.8 Å². The highest BCUT2D eigenvalue weighted by atomic mass is 32.1. The summed E-state index contributed by atoms with van der Waals surface area (Å²) in [6, 6.07) is 0.480. The average molecular weight is 317 g/mol. The molecule has 4 nitrogen and oxygen atoms in total. The normalized spacial score (nSPS) is 22.2. The van der Waals surface area contributed by atoms with Gasteiger partial charge in [0.05, 0.1) is 0 Å². The molecule has 1 fully saturated rings. The molecule has 1 aliphatic rings. The minimum Gasteiger partial charge on any atom is -0.361 e. The molecule has 0 aliphatic heterocycles. The second-order valence-corrected chi connectivity index (χ2v) is 6.85. The van der Waals surface area contributed by atoms with Crippen LogP contribution in [-0.4, -0.2) is 22.8 Å². The van der Waals surface area contributed by atoms with Gasteiger partial charge in [-0.25, -0.2) is 0 Å². The van der Waals surface area contributed by atoms with Gasteiger partial charge >= 0.3 is 0 Å². The van der Waals surface area contributed by atoms with Crippen molar-refractivity contribution in [2.75, 3.05) is 6.54 Å². The lowest BCUT2D eigenvalue weighted by molar-refractivity contribution is 0.308. The Morgan fingerprint density at radius 3 is 2.40 bits per heavy atom. The van der Waals surface area contributed by atoms with Crippen LogP contribution in [0, 0.1) is 11.8 Å². The SMILES string of the molecule is CC(C)CCNC(=S)NNC(=S)N[C@H]1CCCC[C@H]1C. The highest BCUT2D eigenvalue weighted by Gasteiger charge is 2.21. The van der Waals surface area contributed by atoms with E-state index in [0.29, 0.717) is 28.1 Å². The Kier molecular flexibility index (Phi) is 8.14. The molecule has 1 saturated carbocycles. The average Bonchev–Trinajstić information content (AvgIpc) is 2.39. The third kappa shape index (κ3) is 7.24. The molecule has 20 heavy (non-hydrogen) atoms. The third-order valence-corrected chi connectivity index (χ3v) is 4.19. The van der Waals surface area contributed by atoms with E-state index < -0.39 is 0 Å². The fourth-order valence-corrected chi connectivity index (χ4v) is 2.72. The van der Waals surface area contributed by atoms with Gasteiger partial charge < -0.3 is 10.6 Å². The molecule has 0 heterocycles. The third-order valence-electron chi connectivity index (χ3n) is 3.72. The maximum absolute atomic E-state index is 5.29. The Morgan fingerprint density at radius 2 is 1.75 bits per heavy atom. The molecular formula is C14H28N4S2. The molecule has 0 amide bonds. The van der Waals surface area contributed by atoms with Crippen molar-refractivity contribution >= 4 is 34.7 Å². The largest absolute Gasteiger partial charge is 0.361 e. The van der Waals surface area contributed by atoms with Crippen LogP contribution in [0.1, 0.15) is 52.9 Å². The molecule has 0 unspecified atom stereocenters. The van der Waals surface area contributed by atoms with Crippen molar-refractivity contribution in [3.63, 3.8) is 0 Å². The van der Waals surface area contributed by atoms with Gasteiger partial charge in [-0.1, -0.05) is 33.6 Å². The lowest BCUT2D eigenvalue weighted by Crippen LogP contribution is -2.53. The van der Waals surface area contributed by atoms with E-state index >= 15 is 0 Å². The monoisotopic (exact) mass is 316 g/mol. The lowest BCUT2D eigenvalue weighted by Gasteiger charge is -2.30. The molecular weight excluding hydrogens is 288 g/mol. The highest BCUT2D eigenvalue weighted by Crippen LogP contribution is 2.23. The molecule has 0 spiro atoms.